The molecule has 0 fully saturated rings. The van der Waals surface area contributed by atoms with Crippen molar-refractivity contribution in [3.05, 3.63) is 211 Å². The van der Waals surface area contributed by atoms with Gasteiger partial charge in [0.25, 0.3) is 0 Å². The second kappa shape index (κ2) is 13.2. The second-order valence-corrected chi connectivity index (χ2v) is 14.6. The number of rotatable bonds is 6. The lowest BCUT2D eigenvalue weighted by Crippen LogP contribution is -1.94. The molecule has 0 atom stereocenters. The van der Waals surface area contributed by atoms with Crippen molar-refractivity contribution in [1.29, 1.82) is 0 Å². The minimum atomic E-state index is 0.862. The van der Waals surface area contributed by atoms with Crippen molar-refractivity contribution < 1.29 is 0 Å². The predicted octanol–water partition coefficient (Wildman–Crippen LogP) is 13.6. The van der Waals surface area contributed by atoms with Crippen LogP contribution >= 0.6 is 0 Å². The van der Waals surface area contributed by atoms with E-state index in [1.807, 2.05) is 6.20 Å². The quantitative estimate of drug-likeness (QED) is 0.161. The number of aromatic nitrogens is 3. The minimum absolute atomic E-state index is 0.862. The molecule has 0 spiro atoms. The molecular weight excluding hydrogens is 679 g/mol. The van der Waals surface area contributed by atoms with Gasteiger partial charge in [0.15, 0.2) is 0 Å². The molecule has 0 bridgehead atoms. The Morgan fingerprint density at radius 3 is 1.66 bits per heavy atom. The van der Waals surface area contributed by atoms with E-state index < -0.39 is 0 Å². The van der Waals surface area contributed by atoms with Gasteiger partial charge in [0.05, 0.1) is 34.0 Å². The van der Waals surface area contributed by atoms with Crippen LogP contribution in [-0.4, -0.2) is 14.5 Å². The first-order valence-electron chi connectivity index (χ1n) is 19.2. The average molecular weight is 714 g/mol. The molecule has 11 rings (SSSR count). The van der Waals surface area contributed by atoms with Crippen LogP contribution in [0.4, 0.5) is 0 Å². The Balaban J connectivity index is 0.876. The first-order chi connectivity index (χ1) is 27.8. The van der Waals surface area contributed by atoms with Crippen LogP contribution in [0.2, 0.25) is 0 Å². The molecule has 0 unspecified atom stereocenters. The van der Waals surface area contributed by atoms with Crippen LogP contribution in [-0.2, 0) is 6.42 Å². The molecule has 262 valence electrons. The van der Waals surface area contributed by atoms with Gasteiger partial charge in [-0.15, -0.1) is 0 Å². The monoisotopic (exact) mass is 713 g/mol. The van der Waals surface area contributed by atoms with Crippen LogP contribution in [0.25, 0.3) is 93.6 Å². The summed E-state index contributed by atoms with van der Waals surface area (Å²) in [6.07, 6.45) is 2.77. The van der Waals surface area contributed by atoms with Gasteiger partial charge < -0.3 is 4.57 Å². The van der Waals surface area contributed by atoms with Gasteiger partial charge in [-0.2, -0.15) is 0 Å². The SMILES string of the molecule is c1ccc(-n2c3ccccc3c3c(Cc4ccc(-c5cccc(-c6ccc(-c7cnc8c9ccccc9c9ccccc9c8n7)cc6)c5)cc4)cccc32)cc1. The fourth-order valence-corrected chi connectivity index (χ4v) is 8.60. The van der Waals surface area contributed by atoms with Crippen LogP contribution in [0.3, 0.4) is 0 Å². The summed E-state index contributed by atoms with van der Waals surface area (Å²) < 4.78 is 2.39. The van der Waals surface area contributed by atoms with Crippen molar-refractivity contribution in [3.8, 4) is 39.2 Å². The molecular formula is C53H35N3. The fraction of sp³-hybridized carbons (Fsp3) is 0.0189. The first kappa shape index (κ1) is 32.1. The van der Waals surface area contributed by atoms with Crippen LogP contribution in [0.1, 0.15) is 11.1 Å². The Morgan fingerprint density at radius 1 is 0.393 bits per heavy atom. The molecule has 2 aromatic heterocycles. The zero-order valence-electron chi connectivity index (χ0n) is 30.6. The summed E-state index contributed by atoms with van der Waals surface area (Å²) in [7, 11) is 0. The third kappa shape index (κ3) is 5.36. The van der Waals surface area contributed by atoms with Crippen LogP contribution in [0.5, 0.6) is 0 Å². The predicted molar refractivity (Wildman–Crippen MR) is 234 cm³/mol. The van der Waals surface area contributed by atoms with Crippen molar-refractivity contribution in [2.24, 2.45) is 0 Å². The molecule has 56 heavy (non-hydrogen) atoms. The molecule has 0 aliphatic heterocycles. The highest BCUT2D eigenvalue weighted by Crippen LogP contribution is 2.37. The summed E-state index contributed by atoms with van der Waals surface area (Å²) in [4.78, 5) is 10.2. The van der Waals surface area contributed by atoms with Crippen molar-refractivity contribution in [2.45, 2.75) is 6.42 Å². The highest BCUT2D eigenvalue weighted by Gasteiger charge is 2.16. The summed E-state index contributed by atoms with van der Waals surface area (Å²) in [5.41, 5.74) is 14.8. The molecule has 0 aliphatic rings. The maximum atomic E-state index is 5.19. The van der Waals surface area contributed by atoms with Gasteiger partial charge >= 0.3 is 0 Å². The maximum absolute atomic E-state index is 5.19. The highest BCUT2D eigenvalue weighted by atomic mass is 15.0. The van der Waals surface area contributed by atoms with Crippen LogP contribution in [0, 0.1) is 0 Å². The summed E-state index contributed by atoms with van der Waals surface area (Å²) in [6, 6.07) is 69.7. The Labute approximate surface area is 324 Å². The molecule has 0 aliphatic carbocycles. The number of benzene rings is 9. The molecule has 3 nitrogen and oxygen atoms in total. The highest BCUT2D eigenvalue weighted by molar-refractivity contribution is 6.23. The average Bonchev–Trinajstić information content (AvgIpc) is 3.62. The van der Waals surface area contributed by atoms with Gasteiger partial charge in [0.1, 0.15) is 0 Å². The van der Waals surface area contributed by atoms with E-state index in [-0.39, 0.29) is 0 Å². The summed E-state index contributed by atoms with van der Waals surface area (Å²) in [5, 5.41) is 7.28. The molecule has 0 radical (unpaired) electrons. The number of para-hydroxylation sites is 2. The lowest BCUT2D eigenvalue weighted by atomic mass is 9.95. The molecule has 0 saturated carbocycles. The standard InChI is InChI=1S/C53H35N3/c1-2-15-42(16-3-1)56-49-22-9-8-21-47(49)51-41(14-11-23-50(51)56)32-35-24-26-36(27-25-35)39-12-10-13-40(33-39)37-28-30-38(31-29-37)48-34-54-52-45-19-6-4-17-43(45)44-18-5-7-20-46(44)53(52)55-48/h1-31,33-34H,32H2. The van der Waals surface area contributed by atoms with Gasteiger partial charge in [0, 0.05) is 32.8 Å². The zero-order valence-corrected chi connectivity index (χ0v) is 30.6. The van der Waals surface area contributed by atoms with E-state index in [9.17, 15) is 0 Å². The van der Waals surface area contributed by atoms with Gasteiger partial charge in [-0.05, 0) is 80.9 Å². The Morgan fingerprint density at radius 2 is 0.946 bits per heavy atom. The Kier molecular flexibility index (Phi) is 7.56. The largest absolute Gasteiger partial charge is 0.309 e. The zero-order chi connectivity index (χ0) is 37.0. The maximum Gasteiger partial charge on any atom is 0.0979 e. The van der Waals surface area contributed by atoms with Gasteiger partial charge in [-0.3, -0.25) is 4.98 Å². The Bertz CT molecular complexity index is 3220. The number of fused-ring (bicyclic) bond motifs is 9. The van der Waals surface area contributed by atoms with E-state index >= 15 is 0 Å². The minimum Gasteiger partial charge on any atom is -0.309 e. The first-order valence-corrected chi connectivity index (χ1v) is 19.2. The van der Waals surface area contributed by atoms with Crippen molar-refractivity contribution >= 4 is 54.4 Å². The van der Waals surface area contributed by atoms with Gasteiger partial charge in [0.2, 0.25) is 0 Å². The summed E-state index contributed by atoms with van der Waals surface area (Å²) in [6.45, 7) is 0. The number of hydrogen-bond acceptors (Lipinski definition) is 2. The summed E-state index contributed by atoms with van der Waals surface area (Å²) >= 11 is 0. The van der Waals surface area contributed by atoms with Gasteiger partial charge in [-0.25, -0.2) is 4.98 Å². The molecule has 9 aromatic carbocycles. The third-order valence-electron chi connectivity index (χ3n) is 11.3. The van der Waals surface area contributed by atoms with Crippen molar-refractivity contribution in [2.75, 3.05) is 0 Å². The smallest absolute Gasteiger partial charge is 0.0979 e. The fourth-order valence-electron chi connectivity index (χ4n) is 8.60. The molecule has 0 saturated heterocycles. The topological polar surface area (TPSA) is 30.7 Å². The molecule has 0 amide bonds. The van der Waals surface area contributed by atoms with E-state index in [4.69, 9.17) is 9.97 Å². The van der Waals surface area contributed by atoms with Crippen LogP contribution < -0.4 is 0 Å². The second-order valence-electron chi connectivity index (χ2n) is 14.6. The van der Waals surface area contributed by atoms with E-state index in [2.05, 4.69) is 199 Å². The number of nitrogens with zero attached hydrogens (tertiary/aromatic N) is 3. The normalized spacial score (nSPS) is 11.6. The summed E-state index contributed by atoms with van der Waals surface area (Å²) in [5.74, 6) is 0. The molecule has 2 heterocycles. The van der Waals surface area contributed by atoms with E-state index in [1.165, 1.54) is 71.6 Å². The lowest BCUT2D eigenvalue weighted by Gasteiger charge is -2.11. The lowest BCUT2D eigenvalue weighted by molar-refractivity contribution is 1.17. The van der Waals surface area contributed by atoms with Crippen LogP contribution in [0.15, 0.2) is 200 Å². The van der Waals surface area contributed by atoms with Gasteiger partial charge in [-0.1, -0.05) is 164 Å². The van der Waals surface area contributed by atoms with E-state index in [0.717, 1.165) is 39.5 Å². The van der Waals surface area contributed by atoms with Crippen molar-refractivity contribution in [3.63, 3.8) is 0 Å². The number of hydrogen-bond donors (Lipinski definition) is 0. The Hall–Kier alpha value is -7.36. The van der Waals surface area contributed by atoms with E-state index in [0.29, 0.717) is 0 Å². The molecule has 11 aromatic rings. The molecule has 3 heteroatoms. The third-order valence-corrected chi connectivity index (χ3v) is 11.3. The molecule has 0 N–H and O–H groups in total. The van der Waals surface area contributed by atoms with Crippen molar-refractivity contribution in [1.82, 2.24) is 14.5 Å². The van der Waals surface area contributed by atoms with E-state index in [1.54, 1.807) is 0 Å².